The Bertz CT molecular complexity index is 456. The summed E-state index contributed by atoms with van der Waals surface area (Å²) in [7, 11) is 0. The van der Waals surface area contributed by atoms with Crippen LogP contribution in [0.1, 0.15) is 17.7 Å². The van der Waals surface area contributed by atoms with Crippen LogP contribution in [0.4, 0.5) is 0 Å². The molecule has 4 heteroatoms. The lowest BCUT2D eigenvalue weighted by molar-refractivity contribution is 0.217. The summed E-state index contributed by atoms with van der Waals surface area (Å²) in [5.41, 5.74) is 3.54. The summed E-state index contributed by atoms with van der Waals surface area (Å²) in [6.45, 7) is 3.63. The molecule has 2 aromatic heterocycles. The minimum Gasteiger partial charge on any atom is -0.323 e. The number of nitrogens with zero attached hydrogens (tertiary/aromatic N) is 2. The van der Waals surface area contributed by atoms with Crippen LogP contribution in [-0.4, -0.2) is 35.3 Å². The fourth-order valence-electron chi connectivity index (χ4n) is 2.64. The molecule has 0 atom stereocenters. The molecule has 0 bridgehead atoms. The number of rotatable bonds is 5. The molecule has 2 aromatic rings. The van der Waals surface area contributed by atoms with Gasteiger partial charge in [0.15, 0.2) is 0 Å². The minimum absolute atomic E-state index is 0.616. The Hall–Kier alpha value is -1.26. The lowest BCUT2D eigenvalue weighted by Crippen LogP contribution is -2.41. The van der Waals surface area contributed by atoms with Gasteiger partial charge in [0.2, 0.25) is 0 Å². The molecule has 3 nitrogen and oxygen atoms in total. The van der Waals surface area contributed by atoms with E-state index in [9.17, 15) is 0 Å². The van der Waals surface area contributed by atoms with Crippen molar-refractivity contribution in [1.29, 1.82) is 0 Å². The van der Waals surface area contributed by atoms with Gasteiger partial charge >= 0.3 is 0 Å². The van der Waals surface area contributed by atoms with Crippen LogP contribution in [0.25, 0.3) is 0 Å². The monoisotopic (exact) mass is 275 g/mol. The number of aromatic nitrogens is 1. The highest BCUT2D eigenvalue weighted by molar-refractivity contribution is 7.09. The van der Waals surface area contributed by atoms with E-state index in [2.05, 4.69) is 57.0 Å². The van der Waals surface area contributed by atoms with Crippen molar-refractivity contribution in [2.24, 2.45) is 0 Å². The molecule has 3 heterocycles. The quantitative estimate of drug-likeness (QED) is 0.905. The molecule has 0 saturated carbocycles. The number of hydrogen-bond acceptors (Lipinski definition) is 3. The molecule has 1 N–H and O–H groups in total. The highest BCUT2D eigenvalue weighted by atomic mass is 32.1. The molecule has 102 valence electrons. The lowest BCUT2D eigenvalue weighted by Gasteiger charge is -2.32. The molecular formula is C15H21N3S. The van der Waals surface area contributed by atoms with Gasteiger partial charge in [0, 0.05) is 42.9 Å². The average Bonchev–Trinajstić information content (AvgIpc) is 3.11. The molecule has 1 fully saturated rings. The molecule has 3 rings (SSSR count). The van der Waals surface area contributed by atoms with E-state index in [1.807, 2.05) is 11.3 Å². The van der Waals surface area contributed by atoms with Crippen LogP contribution in [0.2, 0.25) is 0 Å². The van der Waals surface area contributed by atoms with Gasteiger partial charge in [0.05, 0.1) is 0 Å². The predicted molar refractivity (Wildman–Crippen MR) is 81.3 cm³/mol. The standard InChI is InChI=1S/C15H21N3S/c1-2-9-18(8-1)16-14-5-10-17(11-6-14)12-7-15-4-3-13-19-15/h1-4,8-9,13-14,16H,5-7,10-12H2. The van der Waals surface area contributed by atoms with E-state index >= 15 is 0 Å². The van der Waals surface area contributed by atoms with Crippen LogP contribution < -0.4 is 5.43 Å². The van der Waals surface area contributed by atoms with E-state index in [0.717, 1.165) is 0 Å². The molecule has 0 aromatic carbocycles. The van der Waals surface area contributed by atoms with Gasteiger partial charge in [-0.25, -0.2) is 0 Å². The van der Waals surface area contributed by atoms with E-state index in [1.165, 1.54) is 43.8 Å². The Kier molecular flexibility index (Phi) is 4.20. The third kappa shape index (κ3) is 3.61. The highest BCUT2D eigenvalue weighted by Crippen LogP contribution is 2.14. The second-order valence-corrected chi connectivity index (χ2v) is 6.20. The van der Waals surface area contributed by atoms with Crippen LogP contribution in [0.5, 0.6) is 0 Å². The number of hydrogen-bond donors (Lipinski definition) is 1. The molecule has 19 heavy (non-hydrogen) atoms. The van der Waals surface area contributed by atoms with Crippen molar-refractivity contribution < 1.29 is 0 Å². The zero-order valence-corrected chi connectivity index (χ0v) is 12.0. The summed E-state index contributed by atoms with van der Waals surface area (Å²) in [5.74, 6) is 0. The van der Waals surface area contributed by atoms with Gasteiger partial charge in [-0.1, -0.05) is 6.07 Å². The lowest BCUT2D eigenvalue weighted by atomic mass is 10.1. The van der Waals surface area contributed by atoms with E-state index in [0.29, 0.717) is 6.04 Å². The molecule has 0 unspecified atom stereocenters. The van der Waals surface area contributed by atoms with Crippen molar-refractivity contribution in [3.05, 3.63) is 46.9 Å². The fraction of sp³-hybridized carbons (Fsp3) is 0.467. The molecule has 1 saturated heterocycles. The van der Waals surface area contributed by atoms with Crippen LogP contribution >= 0.6 is 11.3 Å². The first-order valence-electron chi connectivity index (χ1n) is 7.04. The maximum absolute atomic E-state index is 3.54. The molecular weight excluding hydrogens is 254 g/mol. The second kappa shape index (κ2) is 6.26. The van der Waals surface area contributed by atoms with Crippen LogP contribution in [-0.2, 0) is 6.42 Å². The Labute approximate surface area is 118 Å². The summed E-state index contributed by atoms with van der Waals surface area (Å²) < 4.78 is 2.08. The number of piperidine rings is 1. The van der Waals surface area contributed by atoms with Gasteiger partial charge in [0.1, 0.15) is 0 Å². The topological polar surface area (TPSA) is 20.2 Å². The van der Waals surface area contributed by atoms with Gasteiger partial charge in [0.25, 0.3) is 0 Å². The molecule has 1 aliphatic rings. The Morgan fingerprint density at radius 3 is 2.63 bits per heavy atom. The first kappa shape index (κ1) is 12.8. The smallest absolute Gasteiger partial charge is 0.0448 e. The van der Waals surface area contributed by atoms with Gasteiger partial charge < -0.3 is 10.3 Å². The molecule has 0 aliphatic carbocycles. The Morgan fingerprint density at radius 2 is 1.95 bits per heavy atom. The third-order valence-electron chi connectivity index (χ3n) is 3.78. The van der Waals surface area contributed by atoms with Crippen molar-refractivity contribution in [2.45, 2.75) is 25.3 Å². The fourth-order valence-corrected chi connectivity index (χ4v) is 3.34. The van der Waals surface area contributed by atoms with Gasteiger partial charge in [-0.05, 0) is 42.8 Å². The minimum atomic E-state index is 0.616. The Balaban J connectivity index is 1.39. The molecule has 0 spiro atoms. The predicted octanol–water partition coefficient (Wildman–Crippen LogP) is 2.80. The first-order chi connectivity index (χ1) is 9.40. The maximum atomic E-state index is 3.54. The number of thiophene rings is 1. The van der Waals surface area contributed by atoms with Crippen molar-refractivity contribution in [3.63, 3.8) is 0 Å². The van der Waals surface area contributed by atoms with Crippen molar-refractivity contribution in [1.82, 2.24) is 9.58 Å². The summed E-state index contributed by atoms with van der Waals surface area (Å²) in [5, 5.41) is 2.17. The zero-order chi connectivity index (χ0) is 12.9. The largest absolute Gasteiger partial charge is 0.323 e. The number of nitrogens with one attached hydrogen (secondary N) is 1. The second-order valence-electron chi connectivity index (χ2n) is 5.16. The molecule has 1 aliphatic heterocycles. The highest BCUT2D eigenvalue weighted by Gasteiger charge is 2.18. The SMILES string of the molecule is c1csc(CCN2CCC(Nn3cccc3)CC2)c1. The average molecular weight is 275 g/mol. The van der Waals surface area contributed by atoms with E-state index in [1.54, 1.807) is 0 Å². The van der Waals surface area contributed by atoms with Crippen LogP contribution in [0.3, 0.4) is 0 Å². The van der Waals surface area contributed by atoms with E-state index < -0.39 is 0 Å². The first-order valence-corrected chi connectivity index (χ1v) is 7.92. The third-order valence-corrected chi connectivity index (χ3v) is 4.71. The summed E-state index contributed by atoms with van der Waals surface area (Å²) >= 11 is 1.87. The summed E-state index contributed by atoms with van der Waals surface area (Å²) in [4.78, 5) is 4.10. The van der Waals surface area contributed by atoms with Crippen LogP contribution in [0.15, 0.2) is 42.0 Å². The van der Waals surface area contributed by atoms with Crippen molar-refractivity contribution in [3.8, 4) is 0 Å². The van der Waals surface area contributed by atoms with Gasteiger partial charge in [-0.15, -0.1) is 11.3 Å². The molecule has 0 radical (unpaired) electrons. The Morgan fingerprint density at radius 1 is 1.16 bits per heavy atom. The van der Waals surface area contributed by atoms with E-state index in [4.69, 9.17) is 0 Å². The van der Waals surface area contributed by atoms with Crippen molar-refractivity contribution in [2.75, 3.05) is 25.1 Å². The van der Waals surface area contributed by atoms with E-state index in [-0.39, 0.29) is 0 Å². The summed E-state index contributed by atoms with van der Waals surface area (Å²) in [6.07, 6.45) is 7.82. The van der Waals surface area contributed by atoms with Gasteiger partial charge in [-0.2, -0.15) is 0 Å². The molecule has 0 amide bonds. The summed E-state index contributed by atoms with van der Waals surface area (Å²) in [6, 6.07) is 9.12. The van der Waals surface area contributed by atoms with Crippen molar-refractivity contribution >= 4 is 11.3 Å². The maximum Gasteiger partial charge on any atom is 0.0448 e. The van der Waals surface area contributed by atoms with Gasteiger partial charge in [-0.3, -0.25) is 4.68 Å². The van der Waals surface area contributed by atoms with Crippen LogP contribution in [0, 0.1) is 0 Å². The zero-order valence-electron chi connectivity index (χ0n) is 11.2. The number of likely N-dealkylation sites (tertiary alicyclic amines) is 1. The normalized spacial score (nSPS) is 17.7.